The lowest BCUT2D eigenvalue weighted by Crippen LogP contribution is -2.36. The highest BCUT2D eigenvalue weighted by Gasteiger charge is 2.24. The third kappa shape index (κ3) is 3.64. The first kappa shape index (κ1) is 12.7. The van der Waals surface area contributed by atoms with Crippen LogP contribution in [0.2, 0.25) is 0 Å². The Morgan fingerprint density at radius 2 is 2.19 bits per heavy atom. The first-order chi connectivity index (χ1) is 7.79. The van der Waals surface area contributed by atoms with E-state index in [4.69, 9.17) is 0 Å². The topological polar surface area (TPSA) is 61.8 Å². The fourth-order valence-electron chi connectivity index (χ4n) is 1.90. The smallest absolute Gasteiger partial charge is 0.247 e. The van der Waals surface area contributed by atoms with E-state index < -0.39 is 0 Å². The first-order valence-electron chi connectivity index (χ1n) is 5.71. The van der Waals surface area contributed by atoms with Crippen LogP contribution in [0.3, 0.4) is 0 Å². The van der Waals surface area contributed by atoms with E-state index >= 15 is 0 Å². The summed E-state index contributed by atoms with van der Waals surface area (Å²) in [5.41, 5.74) is 0. The zero-order chi connectivity index (χ0) is 11.8. The maximum atomic E-state index is 11.9. The largest absolute Gasteiger partial charge is 0.359 e. The summed E-state index contributed by atoms with van der Waals surface area (Å²) in [6, 6.07) is -0.341. The predicted molar refractivity (Wildman–Crippen MR) is 62.5 cm³/mol. The van der Waals surface area contributed by atoms with Gasteiger partial charge < -0.3 is 10.2 Å². The molecule has 0 bridgehead atoms. The van der Waals surface area contributed by atoms with Crippen LogP contribution in [0.25, 0.3) is 0 Å². The predicted octanol–water partition coefficient (Wildman–Crippen LogP) is 0.204. The molecule has 90 valence electrons. The summed E-state index contributed by atoms with van der Waals surface area (Å²) in [7, 11) is 0. The van der Waals surface area contributed by atoms with Crippen molar-refractivity contribution >= 4 is 19.0 Å². The van der Waals surface area contributed by atoms with Gasteiger partial charge in [0.15, 0.2) is 0 Å². The van der Waals surface area contributed by atoms with Crippen molar-refractivity contribution in [1.82, 2.24) is 10.2 Å². The molecule has 1 fully saturated rings. The Bertz CT molecular complexity index is 250. The quantitative estimate of drug-likeness (QED) is 0.382. The lowest BCUT2D eigenvalue weighted by molar-refractivity contribution is -0.131. The molecule has 1 atom stereocenters. The van der Waals surface area contributed by atoms with Gasteiger partial charge >= 0.3 is 0 Å². The van der Waals surface area contributed by atoms with Crippen LogP contribution in [0.1, 0.15) is 25.7 Å². The highest BCUT2D eigenvalue weighted by atomic mass is 16.2. The van der Waals surface area contributed by atoms with E-state index in [1.54, 1.807) is 0 Å². The lowest BCUT2D eigenvalue weighted by atomic mass is 10.1. The highest BCUT2D eigenvalue weighted by molar-refractivity contribution is 5.82. The minimum atomic E-state index is -0.341. The number of amides is 2. The Labute approximate surface area is 95.9 Å². The standard InChI is InChI=1S/C11H19N3O2/c1-12-10(5-4-6-13-9-15)11(16)14-7-2-3-8-14/h9-10H,1-8H2,(H,13,15). The summed E-state index contributed by atoms with van der Waals surface area (Å²) in [5.74, 6) is 0.0820. The summed E-state index contributed by atoms with van der Waals surface area (Å²) in [6.07, 6.45) is 4.24. The van der Waals surface area contributed by atoms with Crippen molar-refractivity contribution < 1.29 is 9.59 Å². The maximum Gasteiger partial charge on any atom is 0.247 e. The zero-order valence-corrected chi connectivity index (χ0v) is 9.52. The molecule has 1 rings (SSSR count). The number of nitrogens with zero attached hydrogens (tertiary/aromatic N) is 2. The molecule has 5 heteroatoms. The number of hydrogen-bond donors (Lipinski definition) is 1. The van der Waals surface area contributed by atoms with Gasteiger partial charge in [-0.15, -0.1) is 0 Å². The summed E-state index contributed by atoms with van der Waals surface area (Å²) in [6.45, 7) is 5.74. The molecule has 0 aromatic carbocycles. The fraction of sp³-hybridized carbons (Fsp3) is 0.727. The Morgan fingerprint density at radius 1 is 1.50 bits per heavy atom. The minimum absolute atomic E-state index is 0.0820. The van der Waals surface area contributed by atoms with E-state index in [2.05, 4.69) is 17.0 Å². The Balaban J connectivity index is 2.31. The van der Waals surface area contributed by atoms with Gasteiger partial charge in [-0.25, -0.2) is 0 Å². The fourth-order valence-corrected chi connectivity index (χ4v) is 1.90. The van der Waals surface area contributed by atoms with Crippen LogP contribution in [-0.4, -0.2) is 49.6 Å². The summed E-state index contributed by atoms with van der Waals surface area (Å²) in [5, 5.41) is 2.57. The Hall–Kier alpha value is -1.39. The molecular weight excluding hydrogens is 206 g/mol. The first-order valence-corrected chi connectivity index (χ1v) is 5.71. The third-order valence-electron chi connectivity index (χ3n) is 2.81. The third-order valence-corrected chi connectivity index (χ3v) is 2.81. The number of rotatable bonds is 7. The second kappa shape index (κ2) is 6.98. The van der Waals surface area contributed by atoms with Crippen molar-refractivity contribution in [2.75, 3.05) is 19.6 Å². The van der Waals surface area contributed by atoms with Gasteiger partial charge in [-0.2, -0.15) is 0 Å². The van der Waals surface area contributed by atoms with E-state index in [9.17, 15) is 9.59 Å². The van der Waals surface area contributed by atoms with Crippen LogP contribution in [0.15, 0.2) is 4.99 Å². The van der Waals surface area contributed by atoms with E-state index in [1.807, 2.05) is 4.90 Å². The number of carbonyl (C=O) groups is 2. The van der Waals surface area contributed by atoms with Crippen molar-refractivity contribution in [1.29, 1.82) is 0 Å². The molecule has 1 heterocycles. The van der Waals surface area contributed by atoms with E-state index in [0.29, 0.717) is 19.4 Å². The molecule has 16 heavy (non-hydrogen) atoms. The number of aliphatic imine (C=N–C) groups is 1. The molecule has 0 aromatic heterocycles. The molecule has 1 aliphatic heterocycles. The van der Waals surface area contributed by atoms with Crippen molar-refractivity contribution in [2.45, 2.75) is 31.7 Å². The Morgan fingerprint density at radius 3 is 2.75 bits per heavy atom. The normalized spacial score (nSPS) is 16.9. The number of nitrogens with one attached hydrogen (secondary N) is 1. The van der Waals surface area contributed by atoms with Crippen molar-refractivity contribution in [3.05, 3.63) is 0 Å². The van der Waals surface area contributed by atoms with Crippen LogP contribution in [0, 0.1) is 0 Å². The van der Waals surface area contributed by atoms with Gasteiger partial charge in [0.05, 0.1) is 0 Å². The van der Waals surface area contributed by atoms with E-state index in [1.165, 1.54) is 0 Å². The molecule has 1 unspecified atom stereocenters. The monoisotopic (exact) mass is 225 g/mol. The van der Waals surface area contributed by atoms with Crippen molar-refractivity contribution in [2.24, 2.45) is 4.99 Å². The van der Waals surface area contributed by atoms with E-state index in [0.717, 1.165) is 32.4 Å². The molecular formula is C11H19N3O2. The van der Waals surface area contributed by atoms with Gasteiger partial charge in [0, 0.05) is 19.6 Å². The SMILES string of the molecule is C=NC(CCCNC=O)C(=O)N1CCCC1. The molecule has 0 radical (unpaired) electrons. The molecule has 1 N–H and O–H groups in total. The number of likely N-dealkylation sites (tertiary alicyclic amines) is 1. The molecule has 0 saturated carbocycles. The van der Waals surface area contributed by atoms with Crippen LogP contribution in [0.4, 0.5) is 0 Å². The molecule has 5 nitrogen and oxygen atoms in total. The molecule has 0 aromatic rings. The Kier molecular flexibility index (Phi) is 5.53. The highest BCUT2D eigenvalue weighted by Crippen LogP contribution is 2.12. The summed E-state index contributed by atoms with van der Waals surface area (Å²) < 4.78 is 0. The van der Waals surface area contributed by atoms with Gasteiger partial charge in [0.2, 0.25) is 12.3 Å². The van der Waals surface area contributed by atoms with Crippen LogP contribution < -0.4 is 5.32 Å². The van der Waals surface area contributed by atoms with E-state index in [-0.39, 0.29) is 11.9 Å². The lowest BCUT2D eigenvalue weighted by Gasteiger charge is -2.20. The van der Waals surface area contributed by atoms with Gasteiger partial charge in [0.25, 0.3) is 0 Å². The summed E-state index contributed by atoms with van der Waals surface area (Å²) in [4.78, 5) is 27.7. The van der Waals surface area contributed by atoms with Crippen LogP contribution >= 0.6 is 0 Å². The van der Waals surface area contributed by atoms with Crippen molar-refractivity contribution in [3.8, 4) is 0 Å². The van der Waals surface area contributed by atoms with Gasteiger partial charge in [-0.1, -0.05) is 0 Å². The van der Waals surface area contributed by atoms with Crippen LogP contribution in [-0.2, 0) is 9.59 Å². The molecule has 1 aliphatic rings. The second-order valence-corrected chi connectivity index (χ2v) is 3.94. The average Bonchev–Trinajstić information content (AvgIpc) is 2.82. The molecule has 0 spiro atoms. The molecule has 1 saturated heterocycles. The zero-order valence-electron chi connectivity index (χ0n) is 9.52. The molecule has 0 aliphatic carbocycles. The number of hydrogen-bond acceptors (Lipinski definition) is 3. The van der Waals surface area contributed by atoms with Gasteiger partial charge in [0.1, 0.15) is 6.04 Å². The summed E-state index contributed by atoms with van der Waals surface area (Å²) >= 11 is 0. The maximum absolute atomic E-state index is 11.9. The molecule has 2 amide bonds. The van der Waals surface area contributed by atoms with Gasteiger partial charge in [-0.05, 0) is 32.4 Å². The van der Waals surface area contributed by atoms with Crippen molar-refractivity contribution in [3.63, 3.8) is 0 Å². The average molecular weight is 225 g/mol. The minimum Gasteiger partial charge on any atom is -0.359 e. The van der Waals surface area contributed by atoms with Gasteiger partial charge in [-0.3, -0.25) is 14.6 Å². The van der Waals surface area contributed by atoms with Crippen LogP contribution in [0.5, 0.6) is 0 Å². The second-order valence-electron chi connectivity index (χ2n) is 3.94. The number of carbonyl (C=O) groups excluding carboxylic acids is 2.